The zero-order chi connectivity index (χ0) is 25.3. The van der Waals surface area contributed by atoms with Gasteiger partial charge < -0.3 is 20.3 Å². The van der Waals surface area contributed by atoms with Crippen LogP contribution in [0.1, 0.15) is 20.8 Å². The first-order valence-electron chi connectivity index (χ1n) is 10.6. The quantitative estimate of drug-likeness (QED) is 0.469. The highest BCUT2D eigenvalue weighted by molar-refractivity contribution is 5.90. The van der Waals surface area contributed by atoms with E-state index in [4.69, 9.17) is 4.74 Å². The smallest absolute Gasteiger partial charge is 0.422 e. The summed E-state index contributed by atoms with van der Waals surface area (Å²) in [5, 5.41) is 4.38. The highest BCUT2D eigenvalue weighted by Crippen LogP contribution is 2.34. The first-order valence-corrected chi connectivity index (χ1v) is 10.6. The van der Waals surface area contributed by atoms with Crippen LogP contribution in [0.15, 0.2) is 24.3 Å². The van der Waals surface area contributed by atoms with Crippen molar-refractivity contribution in [2.24, 2.45) is 0 Å². The minimum Gasteiger partial charge on any atom is -0.442 e. The Morgan fingerprint density at radius 1 is 1.15 bits per heavy atom. The molecule has 2 heterocycles. The average Bonchev–Trinajstić information content (AvgIpc) is 3.10. The number of ether oxygens (including phenoxy) is 1. The minimum atomic E-state index is -4.84. The van der Waals surface area contributed by atoms with Crippen LogP contribution >= 0.6 is 0 Å². The number of rotatable bonds is 6. The highest BCUT2D eigenvalue weighted by atomic mass is 19.4. The van der Waals surface area contributed by atoms with Gasteiger partial charge in [0.2, 0.25) is 11.8 Å². The summed E-state index contributed by atoms with van der Waals surface area (Å²) < 4.78 is 61.0. The molecule has 0 radical (unpaired) electrons. The van der Waals surface area contributed by atoms with Gasteiger partial charge in [0.1, 0.15) is 6.10 Å². The average molecular weight is 489 g/mol. The molecule has 0 aliphatic carbocycles. The summed E-state index contributed by atoms with van der Waals surface area (Å²) in [6.45, 7) is 3.24. The molecule has 2 aliphatic rings. The van der Waals surface area contributed by atoms with E-state index in [0.29, 0.717) is 16.3 Å². The maximum Gasteiger partial charge on any atom is 0.422 e. The Balaban J connectivity index is 1.68. The van der Waals surface area contributed by atoms with Gasteiger partial charge in [-0.3, -0.25) is 14.5 Å². The summed E-state index contributed by atoms with van der Waals surface area (Å²) in [5.41, 5.74) is 1.10. The number of nitrogens with one attached hydrogen (secondary N) is 2. The lowest BCUT2D eigenvalue weighted by atomic mass is 10.1. The number of piperazine rings is 1. The molecular formula is C21H27F4N5O4. The van der Waals surface area contributed by atoms with Gasteiger partial charge >= 0.3 is 12.3 Å². The molecule has 3 atom stereocenters. The van der Waals surface area contributed by atoms with E-state index in [-0.39, 0.29) is 38.6 Å². The molecule has 3 unspecified atom stereocenters. The number of carbonyl (C=O) groups is 3. The summed E-state index contributed by atoms with van der Waals surface area (Å²) >= 11 is 0. The SMILES string of the molecule is CC(=O)NCC1CN(c2ccc(N3CCN(C(NC(C)=O)C(F)(F)F)C(C)(F)C3)cc2)C(=O)O1. The lowest BCUT2D eigenvalue weighted by Crippen LogP contribution is -2.68. The zero-order valence-electron chi connectivity index (χ0n) is 19.0. The van der Waals surface area contributed by atoms with Crippen molar-refractivity contribution in [2.45, 2.75) is 45.0 Å². The Morgan fingerprint density at radius 2 is 1.76 bits per heavy atom. The molecule has 34 heavy (non-hydrogen) atoms. The molecule has 3 amide bonds. The van der Waals surface area contributed by atoms with Gasteiger partial charge in [0.05, 0.1) is 19.6 Å². The number of alkyl halides is 4. The van der Waals surface area contributed by atoms with Crippen LogP contribution in [0, 0.1) is 0 Å². The van der Waals surface area contributed by atoms with Crippen molar-refractivity contribution in [3.63, 3.8) is 0 Å². The largest absolute Gasteiger partial charge is 0.442 e. The van der Waals surface area contributed by atoms with Gasteiger partial charge in [-0.25, -0.2) is 14.1 Å². The number of nitrogens with zero attached hydrogens (tertiary/aromatic N) is 3. The van der Waals surface area contributed by atoms with Crippen molar-refractivity contribution in [3.8, 4) is 0 Å². The maximum absolute atomic E-state index is 15.4. The molecule has 1 aromatic carbocycles. The van der Waals surface area contributed by atoms with E-state index in [1.165, 1.54) is 11.8 Å². The minimum absolute atomic E-state index is 0.0928. The lowest BCUT2D eigenvalue weighted by molar-refractivity contribution is -0.224. The van der Waals surface area contributed by atoms with Crippen LogP contribution in [0.4, 0.5) is 33.7 Å². The Kier molecular flexibility index (Phi) is 7.24. The number of benzene rings is 1. The van der Waals surface area contributed by atoms with Crippen molar-refractivity contribution >= 4 is 29.3 Å². The van der Waals surface area contributed by atoms with Crippen LogP contribution in [-0.4, -0.2) is 79.8 Å². The van der Waals surface area contributed by atoms with E-state index in [2.05, 4.69) is 5.32 Å². The van der Waals surface area contributed by atoms with E-state index in [1.54, 1.807) is 34.5 Å². The van der Waals surface area contributed by atoms with E-state index < -0.39 is 36.2 Å². The van der Waals surface area contributed by atoms with Gasteiger partial charge in [-0.2, -0.15) is 13.2 Å². The molecule has 0 spiro atoms. The molecule has 1 aromatic rings. The summed E-state index contributed by atoms with van der Waals surface area (Å²) in [7, 11) is 0. The number of carbonyl (C=O) groups excluding carboxylic acids is 3. The number of hydrogen-bond acceptors (Lipinski definition) is 6. The Hall–Kier alpha value is -3.09. The molecule has 0 bridgehead atoms. The van der Waals surface area contributed by atoms with Gasteiger partial charge in [0, 0.05) is 38.3 Å². The van der Waals surface area contributed by atoms with E-state index in [1.807, 2.05) is 0 Å². The predicted molar refractivity (Wildman–Crippen MR) is 115 cm³/mol. The van der Waals surface area contributed by atoms with Crippen LogP contribution in [0.2, 0.25) is 0 Å². The lowest BCUT2D eigenvalue weighted by Gasteiger charge is -2.48. The second-order valence-electron chi connectivity index (χ2n) is 8.47. The Labute approximate surface area is 194 Å². The van der Waals surface area contributed by atoms with E-state index in [9.17, 15) is 27.6 Å². The molecule has 3 rings (SSSR count). The molecule has 9 nitrogen and oxygen atoms in total. The summed E-state index contributed by atoms with van der Waals surface area (Å²) in [5.74, 6) is -3.52. The van der Waals surface area contributed by atoms with Crippen molar-refractivity contribution < 1.29 is 36.7 Å². The Bertz CT molecular complexity index is 925. The van der Waals surface area contributed by atoms with Crippen molar-refractivity contribution in [3.05, 3.63) is 24.3 Å². The fourth-order valence-electron chi connectivity index (χ4n) is 4.07. The summed E-state index contributed by atoms with van der Waals surface area (Å²) in [6.07, 6.45) is -8.34. The van der Waals surface area contributed by atoms with Crippen LogP contribution in [0.25, 0.3) is 0 Å². The van der Waals surface area contributed by atoms with Gasteiger partial charge in [-0.05, 0) is 31.2 Å². The predicted octanol–water partition coefficient (Wildman–Crippen LogP) is 1.98. The van der Waals surface area contributed by atoms with E-state index in [0.717, 1.165) is 13.8 Å². The van der Waals surface area contributed by atoms with Gasteiger partial charge in [-0.15, -0.1) is 0 Å². The van der Waals surface area contributed by atoms with Crippen molar-refractivity contribution in [1.82, 2.24) is 15.5 Å². The number of amides is 3. The molecule has 0 saturated carbocycles. The van der Waals surface area contributed by atoms with Gasteiger partial charge in [0.25, 0.3) is 0 Å². The molecule has 2 aliphatic heterocycles. The third-order valence-electron chi connectivity index (χ3n) is 5.63. The van der Waals surface area contributed by atoms with Gasteiger partial charge in [-0.1, -0.05) is 0 Å². The third-order valence-corrected chi connectivity index (χ3v) is 5.63. The fourth-order valence-corrected chi connectivity index (χ4v) is 4.07. The van der Waals surface area contributed by atoms with E-state index >= 15 is 4.39 Å². The number of halogens is 4. The summed E-state index contributed by atoms with van der Waals surface area (Å²) in [4.78, 5) is 38.1. The van der Waals surface area contributed by atoms with Crippen LogP contribution in [0.3, 0.4) is 0 Å². The molecule has 2 fully saturated rings. The van der Waals surface area contributed by atoms with Gasteiger partial charge in [0.15, 0.2) is 12.0 Å². The second kappa shape index (κ2) is 9.65. The standard InChI is InChI=1S/C21H27F4N5O4/c1-13(31)26-10-17-11-29(19(33)34-17)16-6-4-15(5-7-16)28-8-9-30(20(3,22)12-28)18(21(23,24)25)27-14(2)32/h4-7,17-18H,8-12H2,1-3H3,(H,26,31)(H,27,32). The molecule has 2 N–H and O–H groups in total. The topological polar surface area (TPSA) is 94.2 Å². The maximum atomic E-state index is 15.4. The molecular weight excluding hydrogens is 462 g/mol. The zero-order valence-corrected chi connectivity index (χ0v) is 19.0. The first kappa shape index (κ1) is 25.5. The van der Waals surface area contributed by atoms with Crippen LogP contribution in [0.5, 0.6) is 0 Å². The van der Waals surface area contributed by atoms with Crippen molar-refractivity contribution in [2.75, 3.05) is 42.5 Å². The molecule has 0 aromatic heterocycles. The third kappa shape index (κ3) is 5.88. The second-order valence-corrected chi connectivity index (χ2v) is 8.47. The molecule has 13 heteroatoms. The molecule has 188 valence electrons. The van der Waals surface area contributed by atoms with Crippen LogP contribution in [-0.2, 0) is 14.3 Å². The first-order chi connectivity index (χ1) is 15.8. The highest BCUT2D eigenvalue weighted by Gasteiger charge is 2.52. The van der Waals surface area contributed by atoms with Crippen LogP contribution < -0.4 is 20.4 Å². The summed E-state index contributed by atoms with van der Waals surface area (Å²) in [6, 6.07) is 6.55. The fraction of sp³-hybridized carbons (Fsp3) is 0.571. The van der Waals surface area contributed by atoms with Crippen molar-refractivity contribution in [1.29, 1.82) is 0 Å². The Morgan fingerprint density at radius 3 is 2.29 bits per heavy atom. The number of hydrogen-bond donors (Lipinski definition) is 2. The monoisotopic (exact) mass is 489 g/mol. The number of cyclic esters (lactones) is 1. The molecule has 2 saturated heterocycles. The normalized spacial score (nSPS) is 24.6. The number of anilines is 2.